The summed E-state index contributed by atoms with van der Waals surface area (Å²) in [5, 5.41) is 3.38. The van der Waals surface area contributed by atoms with Crippen molar-refractivity contribution in [3.05, 3.63) is 29.8 Å². The summed E-state index contributed by atoms with van der Waals surface area (Å²) in [4.78, 5) is 7.19. The molecular formula is C19H31IN4O. The molecule has 0 saturated carbocycles. The van der Waals surface area contributed by atoms with Crippen molar-refractivity contribution in [3.63, 3.8) is 0 Å². The van der Waals surface area contributed by atoms with E-state index in [4.69, 9.17) is 10.5 Å². The van der Waals surface area contributed by atoms with Gasteiger partial charge in [-0.25, -0.2) is 0 Å². The van der Waals surface area contributed by atoms with E-state index in [1.807, 2.05) is 18.2 Å². The van der Waals surface area contributed by atoms with Crippen molar-refractivity contribution in [3.8, 4) is 5.75 Å². The molecule has 0 aliphatic carbocycles. The van der Waals surface area contributed by atoms with Crippen LogP contribution < -0.4 is 15.8 Å². The maximum atomic E-state index is 6.17. The number of benzene rings is 1. The topological polar surface area (TPSA) is 62.9 Å². The van der Waals surface area contributed by atoms with E-state index >= 15 is 0 Å². The van der Waals surface area contributed by atoms with Crippen molar-refractivity contribution in [2.24, 2.45) is 16.6 Å². The average molecular weight is 458 g/mol. The highest BCUT2D eigenvalue weighted by Crippen LogP contribution is 2.31. The molecule has 140 valence electrons. The highest BCUT2D eigenvalue weighted by atomic mass is 127. The number of likely N-dealkylation sites (tertiary alicyclic amines) is 1. The number of para-hydroxylation sites is 1. The SMILES string of the molecule is CC(C)CN1CCC[C@@H]1CN=C(N)NC1CCOc2ccccc21.I. The number of halogens is 1. The number of aliphatic imine (C=N–C) groups is 1. The van der Waals surface area contributed by atoms with E-state index in [0.29, 0.717) is 24.5 Å². The number of hydrogen-bond donors (Lipinski definition) is 2. The summed E-state index contributed by atoms with van der Waals surface area (Å²) >= 11 is 0. The first-order chi connectivity index (χ1) is 11.6. The van der Waals surface area contributed by atoms with Gasteiger partial charge in [0, 0.05) is 24.6 Å². The van der Waals surface area contributed by atoms with Gasteiger partial charge in [0.05, 0.1) is 19.2 Å². The first-order valence-electron chi connectivity index (χ1n) is 9.15. The van der Waals surface area contributed by atoms with Crippen molar-refractivity contribution >= 4 is 29.9 Å². The lowest BCUT2D eigenvalue weighted by molar-refractivity contribution is 0.231. The van der Waals surface area contributed by atoms with Gasteiger partial charge >= 0.3 is 0 Å². The molecule has 0 spiro atoms. The Labute approximate surface area is 168 Å². The molecule has 5 nitrogen and oxygen atoms in total. The van der Waals surface area contributed by atoms with Gasteiger partial charge in [-0.15, -0.1) is 24.0 Å². The van der Waals surface area contributed by atoms with Crippen LogP contribution in [0.4, 0.5) is 0 Å². The fourth-order valence-electron chi connectivity index (χ4n) is 3.73. The minimum atomic E-state index is 0. The van der Waals surface area contributed by atoms with Gasteiger partial charge in [-0.05, 0) is 31.4 Å². The number of nitrogens with one attached hydrogen (secondary N) is 1. The first-order valence-corrected chi connectivity index (χ1v) is 9.15. The van der Waals surface area contributed by atoms with E-state index in [-0.39, 0.29) is 30.0 Å². The summed E-state index contributed by atoms with van der Waals surface area (Å²) in [6.07, 6.45) is 3.41. The van der Waals surface area contributed by atoms with Crippen LogP contribution in [0.1, 0.15) is 44.7 Å². The van der Waals surface area contributed by atoms with Gasteiger partial charge in [0.25, 0.3) is 0 Å². The predicted octanol–water partition coefficient (Wildman–Crippen LogP) is 3.15. The second-order valence-electron chi connectivity index (χ2n) is 7.28. The number of nitrogens with two attached hydrogens (primary N) is 1. The Balaban J connectivity index is 0.00000225. The maximum Gasteiger partial charge on any atom is 0.189 e. The van der Waals surface area contributed by atoms with E-state index in [0.717, 1.165) is 25.3 Å². The molecule has 1 aromatic carbocycles. The minimum Gasteiger partial charge on any atom is -0.493 e. The largest absolute Gasteiger partial charge is 0.493 e. The van der Waals surface area contributed by atoms with E-state index in [1.165, 1.54) is 24.9 Å². The summed E-state index contributed by atoms with van der Waals surface area (Å²) in [6.45, 7) is 8.40. The maximum absolute atomic E-state index is 6.17. The van der Waals surface area contributed by atoms with Crippen LogP contribution in [-0.4, -0.2) is 43.1 Å². The fraction of sp³-hybridized carbons (Fsp3) is 0.632. The van der Waals surface area contributed by atoms with Gasteiger partial charge in [0.1, 0.15) is 5.75 Å². The Kier molecular flexibility index (Phi) is 7.81. The summed E-state index contributed by atoms with van der Waals surface area (Å²) in [7, 11) is 0. The third-order valence-corrected chi connectivity index (χ3v) is 4.85. The lowest BCUT2D eigenvalue weighted by Crippen LogP contribution is -2.39. The molecule has 25 heavy (non-hydrogen) atoms. The summed E-state index contributed by atoms with van der Waals surface area (Å²) < 4.78 is 5.70. The molecule has 1 aromatic rings. The predicted molar refractivity (Wildman–Crippen MR) is 114 cm³/mol. The molecule has 6 heteroatoms. The molecule has 0 amide bonds. The van der Waals surface area contributed by atoms with Crippen LogP contribution in [0.15, 0.2) is 29.3 Å². The second kappa shape index (κ2) is 9.62. The number of rotatable bonds is 5. The molecule has 1 unspecified atom stereocenters. The van der Waals surface area contributed by atoms with Gasteiger partial charge in [-0.3, -0.25) is 9.89 Å². The number of fused-ring (bicyclic) bond motifs is 1. The van der Waals surface area contributed by atoms with Crippen LogP contribution in [0.5, 0.6) is 5.75 Å². The highest BCUT2D eigenvalue weighted by molar-refractivity contribution is 14.0. The average Bonchev–Trinajstić information content (AvgIpc) is 3.00. The molecule has 2 heterocycles. The van der Waals surface area contributed by atoms with Crippen LogP contribution in [0, 0.1) is 5.92 Å². The Hall–Kier alpha value is -1.02. The van der Waals surface area contributed by atoms with Crippen LogP contribution in [-0.2, 0) is 0 Å². The van der Waals surface area contributed by atoms with Crippen molar-refractivity contribution in [1.29, 1.82) is 0 Å². The molecular weight excluding hydrogens is 427 g/mol. The molecule has 0 aromatic heterocycles. The van der Waals surface area contributed by atoms with E-state index in [2.05, 4.69) is 35.1 Å². The zero-order valence-electron chi connectivity index (χ0n) is 15.3. The van der Waals surface area contributed by atoms with Gasteiger partial charge in [-0.2, -0.15) is 0 Å². The summed E-state index contributed by atoms with van der Waals surface area (Å²) in [5.41, 5.74) is 7.34. The lowest BCUT2D eigenvalue weighted by atomic mass is 10.0. The summed E-state index contributed by atoms with van der Waals surface area (Å²) in [5.74, 6) is 2.20. The monoisotopic (exact) mass is 458 g/mol. The molecule has 1 saturated heterocycles. The number of guanidine groups is 1. The van der Waals surface area contributed by atoms with Crippen LogP contribution >= 0.6 is 24.0 Å². The minimum absolute atomic E-state index is 0. The van der Waals surface area contributed by atoms with E-state index in [9.17, 15) is 0 Å². The smallest absolute Gasteiger partial charge is 0.189 e. The molecule has 3 N–H and O–H groups in total. The van der Waals surface area contributed by atoms with E-state index < -0.39 is 0 Å². The Bertz CT molecular complexity index is 578. The standard InChI is InChI=1S/C19H30N4O.HI/c1-14(2)13-23-10-5-6-15(23)12-21-19(20)22-17-9-11-24-18-8-4-3-7-16(17)18;/h3-4,7-8,14-15,17H,5-6,9-13H2,1-2H3,(H3,20,21,22);1H/t15-,17?;/m1./s1. The van der Waals surface area contributed by atoms with Gasteiger partial charge in [0.15, 0.2) is 5.96 Å². The van der Waals surface area contributed by atoms with Crippen molar-refractivity contribution in [2.45, 2.75) is 45.2 Å². The zero-order chi connectivity index (χ0) is 16.9. The second-order valence-corrected chi connectivity index (χ2v) is 7.28. The molecule has 1 fully saturated rings. The summed E-state index contributed by atoms with van der Waals surface area (Å²) in [6, 6.07) is 8.88. The Morgan fingerprint density at radius 1 is 1.36 bits per heavy atom. The third kappa shape index (κ3) is 5.48. The number of nitrogens with zero attached hydrogens (tertiary/aromatic N) is 2. The number of hydrogen-bond acceptors (Lipinski definition) is 3. The van der Waals surface area contributed by atoms with Crippen molar-refractivity contribution in [1.82, 2.24) is 10.2 Å². The molecule has 2 aliphatic rings. The van der Waals surface area contributed by atoms with Crippen LogP contribution in [0.2, 0.25) is 0 Å². The third-order valence-electron chi connectivity index (χ3n) is 4.85. The highest BCUT2D eigenvalue weighted by Gasteiger charge is 2.25. The van der Waals surface area contributed by atoms with Gasteiger partial charge in [-0.1, -0.05) is 32.0 Å². The molecule has 2 atom stereocenters. The van der Waals surface area contributed by atoms with E-state index in [1.54, 1.807) is 0 Å². The fourth-order valence-corrected chi connectivity index (χ4v) is 3.73. The van der Waals surface area contributed by atoms with Crippen LogP contribution in [0.25, 0.3) is 0 Å². The van der Waals surface area contributed by atoms with Gasteiger partial charge in [0.2, 0.25) is 0 Å². The first kappa shape index (κ1) is 20.3. The van der Waals surface area contributed by atoms with Crippen LogP contribution in [0.3, 0.4) is 0 Å². The Morgan fingerprint density at radius 3 is 2.96 bits per heavy atom. The molecule has 0 radical (unpaired) electrons. The zero-order valence-corrected chi connectivity index (χ0v) is 17.6. The molecule has 3 rings (SSSR count). The van der Waals surface area contributed by atoms with Gasteiger partial charge < -0.3 is 15.8 Å². The van der Waals surface area contributed by atoms with Crippen molar-refractivity contribution in [2.75, 3.05) is 26.2 Å². The molecule has 2 aliphatic heterocycles. The van der Waals surface area contributed by atoms with Crippen molar-refractivity contribution < 1.29 is 4.74 Å². The quantitative estimate of drug-likeness (QED) is 0.404. The lowest BCUT2D eigenvalue weighted by Gasteiger charge is -2.27. The normalized spacial score (nSPS) is 23.7. The molecule has 0 bridgehead atoms. The Morgan fingerprint density at radius 2 is 2.16 bits per heavy atom. The number of ether oxygens (including phenoxy) is 1.